The lowest BCUT2D eigenvalue weighted by atomic mass is 9.60. The minimum atomic E-state index is -1.27. The Balaban J connectivity index is 1.62. The Hall–Kier alpha value is -1.39. The van der Waals surface area contributed by atoms with Crippen LogP contribution in [0.5, 0.6) is 0 Å². The van der Waals surface area contributed by atoms with Gasteiger partial charge >= 0.3 is 0 Å². The maximum Gasteiger partial charge on any atom is 0.254 e. The van der Waals surface area contributed by atoms with Crippen molar-refractivity contribution in [1.29, 1.82) is 0 Å². The third-order valence-corrected chi connectivity index (χ3v) is 9.80. The number of likely N-dealkylation sites (N-methyl/N-ethyl adjacent to an activating group) is 1. The molecule has 3 aliphatic rings. The van der Waals surface area contributed by atoms with Crippen LogP contribution in [0, 0.1) is 23.2 Å². The van der Waals surface area contributed by atoms with Gasteiger partial charge in [-0.3, -0.25) is 4.79 Å². The zero-order valence-corrected chi connectivity index (χ0v) is 23.1. The highest BCUT2D eigenvalue weighted by Gasteiger charge is 2.50. The summed E-state index contributed by atoms with van der Waals surface area (Å²) in [6.45, 7) is 16.0. The summed E-state index contributed by atoms with van der Waals surface area (Å²) in [5, 5.41) is 21.0. The predicted molar refractivity (Wildman–Crippen MR) is 145 cm³/mol. The highest BCUT2D eigenvalue weighted by molar-refractivity contribution is 5.84. The quantitative estimate of drug-likeness (QED) is 0.388. The molecule has 4 heteroatoms. The number of carbonyl (C=O) groups is 1. The van der Waals surface area contributed by atoms with Gasteiger partial charge in [-0.25, -0.2) is 0 Å². The standard InChI is InChI=1S/C31H51NO3/c1-7-32(8-2)29(34)31(6,35)21-10-12-22(3)26-18-19-27-25(14-11-20-30(26,27)5)17-16-24-13-9-15-28(33)23(24)4/h16-17,22,26-28,33,35H,4,7-15,18-21H2,1-3,5-6H3/b24-16-,25-17+/t22-,26?,27?,28?,30?,31?/m1/s1. The van der Waals surface area contributed by atoms with Crippen LogP contribution in [0.1, 0.15) is 105 Å². The molecule has 1 amide bonds. The number of aliphatic hydroxyl groups is 2. The van der Waals surface area contributed by atoms with E-state index in [1.54, 1.807) is 17.4 Å². The third-order valence-electron chi connectivity index (χ3n) is 9.80. The lowest BCUT2D eigenvalue weighted by Crippen LogP contribution is -2.47. The molecular weight excluding hydrogens is 434 g/mol. The highest BCUT2D eigenvalue weighted by atomic mass is 16.3. The van der Waals surface area contributed by atoms with Crippen molar-refractivity contribution in [3.8, 4) is 0 Å². The summed E-state index contributed by atoms with van der Waals surface area (Å²) >= 11 is 0. The molecule has 3 rings (SSSR count). The van der Waals surface area contributed by atoms with Crippen molar-refractivity contribution in [2.75, 3.05) is 13.1 Å². The van der Waals surface area contributed by atoms with Crippen LogP contribution in [0.2, 0.25) is 0 Å². The number of allylic oxidation sites excluding steroid dienone is 3. The predicted octanol–water partition coefficient (Wildman–Crippen LogP) is 6.58. The average molecular weight is 486 g/mol. The topological polar surface area (TPSA) is 60.8 Å². The Kier molecular flexibility index (Phi) is 9.48. The summed E-state index contributed by atoms with van der Waals surface area (Å²) in [6, 6.07) is 0. The van der Waals surface area contributed by atoms with Crippen molar-refractivity contribution in [2.24, 2.45) is 23.2 Å². The molecule has 0 radical (unpaired) electrons. The van der Waals surface area contributed by atoms with E-state index in [0.717, 1.165) is 37.7 Å². The number of nitrogens with zero attached hydrogens (tertiary/aromatic N) is 1. The molecule has 0 bridgehead atoms. The first kappa shape index (κ1) is 28.2. The molecule has 198 valence electrons. The second-order valence-electron chi connectivity index (χ2n) is 12.1. The van der Waals surface area contributed by atoms with Gasteiger partial charge in [-0.2, -0.15) is 0 Å². The fourth-order valence-electron chi connectivity index (χ4n) is 7.57. The van der Waals surface area contributed by atoms with Crippen LogP contribution in [-0.4, -0.2) is 45.8 Å². The Bertz CT molecular complexity index is 821. The summed E-state index contributed by atoms with van der Waals surface area (Å²) in [7, 11) is 0. The Labute approximate surface area is 214 Å². The SMILES string of the molecule is C=C1/C(=C\C=C2/CCCC3(C)C2CCC3[C@H](C)CCCC(C)(O)C(=O)N(CC)CC)CCCC1O. The van der Waals surface area contributed by atoms with Crippen LogP contribution < -0.4 is 0 Å². The minimum Gasteiger partial charge on any atom is -0.388 e. The van der Waals surface area contributed by atoms with E-state index < -0.39 is 5.60 Å². The van der Waals surface area contributed by atoms with Crippen LogP contribution in [0.4, 0.5) is 0 Å². The monoisotopic (exact) mass is 485 g/mol. The number of fused-ring (bicyclic) bond motifs is 1. The van der Waals surface area contributed by atoms with Gasteiger partial charge in [0.2, 0.25) is 0 Å². The summed E-state index contributed by atoms with van der Waals surface area (Å²) in [4.78, 5) is 14.4. The summed E-state index contributed by atoms with van der Waals surface area (Å²) in [5.41, 5.74) is 2.82. The molecule has 0 aromatic carbocycles. The van der Waals surface area contributed by atoms with Gasteiger partial charge < -0.3 is 15.1 Å². The first-order valence-electron chi connectivity index (χ1n) is 14.3. The van der Waals surface area contributed by atoms with Crippen LogP contribution >= 0.6 is 0 Å². The second-order valence-corrected chi connectivity index (χ2v) is 12.1. The first-order valence-corrected chi connectivity index (χ1v) is 14.3. The molecule has 5 unspecified atom stereocenters. The zero-order chi connectivity index (χ0) is 25.8. The zero-order valence-electron chi connectivity index (χ0n) is 23.1. The lowest BCUT2D eigenvalue weighted by Gasteiger charge is -2.44. The molecule has 3 fully saturated rings. The van der Waals surface area contributed by atoms with Gasteiger partial charge in [-0.15, -0.1) is 0 Å². The molecule has 3 aliphatic carbocycles. The second kappa shape index (κ2) is 11.8. The number of amides is 1. The highest BCUT2D eigenvalue weighted by Crippen LogP contribution is 2.60. The number of rotatable bonds is 9. The van der Waals surface area contributed by atoms with Crippen molar-refractivity contribution in [3.63, 3.8) is 0 Å². The molecule has 0 heterocycles. The summed E-state index contributed by atoms with van der Waals surface area (Å²) in [5.74, 6) is 1.80. The van der Waals surface area contributed by atoms with Crippen molar-refractivity contribution in [3.05, 3.63) is 35.5 Å². The van der Waals surface area contributed by atoms with Gasteiger partial charge in [0, 0.05) is 13.1 Å². The van der Waals surface area contributed by atoms with E-state index in [1.807, 2.05) is 13.8 Å². The van der Waals surface area contributed by atoms with Crippen LogP contribution in [0.3, 0.4) is 0 Å². The molecule has 6 atom stereocenters. The van der Waals surface area contributed by atoms with E-state index >= 15 is 0 Å². The van der Waals surface area contributed by atoms with Gasteiger partial charge in [0.25, 0.3) is 5.91 Å². The number of hydrogen-bond donors (Lipinski definition) is 2. The molecule has 35 heavy (non-hydrogen) atoms. The molecule has 0 aromatic heterocycles. The van der Waals surface area contributed by atoms with E-state index in [0.29, 0.717) is 42.7 Å². The van der Waals surface area contributed by atoms with Crippen molar-refractivity contribution in [1.82, 2.24) is 4.90 Å². The van der Waals surface area contributed by atoms with Crippen LogP contribution in [0.15, 0.2) is 35.5 Å². The van der Waals surface area contributed by atoms with E-state index in [1.165, 1.54) is 37.7 Å². The molecule has 3 saturated carbocycles. The van der Waals surface area contributed by atoms with Crippen molar-refractivity contribution >= 4 is 5.91 Å². The fourth-order valence-corrected chi connectivity index (χ4v) is 7.57. The minimum absolute atomic E-state index is 0.132. The summed E-state index contributed by atoms with van der Waals surface area (Å²) in [6.07, 6.45) is 15.9. The van der Waals surface area contributed by atoms with E-state index in [9.17, 15) is 15.0 Å². The molecule has 0 spiro atoms. The normalized spacial score (nSPS) is 34.0. The smallest absolute Gasteiger partial charge is 0.254 e. The lowest BCUT2D eigenvalue weighted by molar-refractivity contribution is -0.150. The number of aliphatic hydroxyl groups excluding tert-OH is 1. The molecule has 0 saturated heterocycles. The van der Waals surface area contributed by atoms with Gasteiger partial charge in [0.1, 0.15) is 5.60 Å². The van der Waals surface area contributed by atoms with Gasteiger partial charge in [-0.1, -0.05) is 44.6 Å². The number of carbonyl (C=O) groups excluding carboxylic acids is 1. The van der Waals surface area contributed by atoms with Gasteiger partial charge in [-0.05, 0) is 119 Å². The molecular formula is C31H51NO3. The van der Waals surface area contributed by atoms with Gasteiger partial charge in [0.05, 0.1) is 6.10 Å². The van der Waals surface area contributed by atoms with Crippen LogP contribution in [0.25, 0.3) is 0 Å². The molecule has 0 aliphatic heterocycles. The van der Waals surface area contributed by atoms with Crippen molar-refractivity contribution in [2.45, 2.75) is 117 Å². The largest absolute Gasteiger partial charge is 0.388 e. The van der Waals surface area contributed by atoms with Crippen molar-refractivity contribution < 1.29 is 15.0 Å². The molecule has 0 aromatic rings. The average Bonchev–Trinajstić information content (AvgIpc) is 3.18. The summed E-state index contributed by atoms with van der Waals surface area (Å²) < 4.78 is 0. The van der Waals surface area contributed by atoms with Crippen LogP contribution in [-0.2, 0) is 4.79 Å². The van der Waals surface area contributed by atoms with E-state index in [-0.39, 0.29) is 12.0 Å². The first-order chi connectivity index (χ1) is 16.5. The van der Waals surface area contributed by atoms with E-state index in [4.69, 9.17) is 0 Å². The Morgan fingerprint density at radius 3 is 2.60 bits per heavy atom. The van der Waals surface area contributed by atoms with Gasteiger partial charge in [0.15, 0.2) is 0 Å². The Morgan fingerprint density at radius 2 is 1.91 bits per heavy atom. The molecule has 2 N–H and O–H groups in total. The molecule has 4 nitrogen and oxygen atoms in total. The van der Waals surface area contributed by atoms with E-state index in [2.05, 4.69) is 32.6 Å². The third kappa shape index (κ3) is 6.13. The maximum atomic E-state index is 12.7. The number of hydrogen-bond acceptors (Lipinski definition) is 3. The Morgan fingerprint density at radius 1 is 1.20 bits per heavy atom. The fraction of sp³-hybridized carbons (Fsp3) is 0.774. The maximum absolute atomic E-state index is 12.7.